The van der Waals surface area contributed by atoms with Gasteiger partial charge in [-0.1, -0.05) is 12.1 Å². The van der Waals surface area contributed by atoms with E-state index in [-0.39, 0.29) is 11.7 Å². The van der Waals surface area contributed by atoms with Gasteiger partial charge in [0.05, 0.1) is 5.56 Å². The summed E-state index contributed by atoms with van der Waals surface area (Å²) in [4.78, 5) is 16.2. The molecule has 6 heteroatoms. The van der Waals surface area contributed by atoms with Crippen LogP contribution in [0.4, 0.5) is 4.39 Å². The summed E-state index contributed by atoms with van der Waals surface area (Å²) >= 11 is 1.84. The number of halogens is 1. The molecule has 0 bridgehead atoms. The number of carbonyl (C=O) groups is 1. The van der Waals surface area contributed by atoms with Crippen LogP contribution in [0, 0.1) is 5.82 Å². The first-order valence-corrected chi connectivity index (χ1v) is 10.9. The summed E-state index contributed by atoms with van der Waals surface area (Å²) in [5.41, 5.74) is 1.86. The van der Waals surface area contributed by atoms with Gasteiger partial charge in [-0.15, -0.1) is 11.3 Å². The molecule has 0 radical (unpaired) electrons. The SMILES string of the molecule is CC(CNC(=O)CCc1ccc(-c2ccccc2F)o1)N1CCc2sccc2C1. The number of hydrogen-bond acceptors (Lipinski definition) is 4. The molecule has 1 atom stereocenters. The molecular weight excluding hydrogens is 387 g/mol. The Hall–Kier alpha value is -2.44. The van der Waals surface area contributed by atoms with Gasteiger partial charge in [0.2, 0.25) is 5.91 Å². The van der Waals surface area contributed by atoms with Crippen molar-refractivity contribution in [2.45, 2.75) is 38.8 Å². The van der Waals surface area contributed by atoms with Gasteiger partial charge in [0.25, 0.3) is 0 Å². The summed E-state index contributed by atoms with van der Waals surface area (Å²) in [6, 6.07) is 12.6. The lowest BCUT2D eigenvalue weighted by molar-refractivity contribution is -0.121. The molecule has 0 aliphatic carbocycles. The summed E-state index contributed by atoms with van der Waals surface area (Å²) in [5, 5.41) is 5.20. The minimum absolute atomic E-state index is 0.00826. The highest BCUT2D eigenvalue weighted by Crippen LogP contribution is 2.26. The Morgan fingerprint density at radius 2 is 2.14 bits per heavy atom. The lowest BCUT2D eigenvalue weighted by Crippen LogP contribution is -2.44. The first-order chi connectivity index (χ1) is 14.1. The maximum atomic E-state index is 13.9. The highest BCUT2D eigenvalue weighted by Gasteiger charge is 2.21. The van der Waals surface area contributed by atoms with Crippen LogP contribution in [0.15, 0.2) is 52.3 Å². The maximum Gasteiger partial charge on any atom is 0.220 e. The third-order valence-electron chi connectivity index (χ3n) is 5.45. The number of thiophene rings is 1. The van der Waals surface area contributed by atoms with Gasteiger partial charge in [-0.3, -0.25) is 9.69 Å². The molecule has 3 aromatic rings. The fraction of sp³-hybridized carbons (Fsp3) is 0.348. The molecule has 4 rings (SSSR count). The lowest BCUT2D eigenvalue weighted by Gasteiger charge is -2.32. The Bertz CT molecular complexity index is 981. The number of amides is 1. The van der Waals surface area contributed by atoms with Crippen molar-refractivity contribution in [2.24, 2.45) is 0 Å². The van der Waals surface area contributed by atoms with Crippen molar-refractivity contribution in [1.82, 2.24) is 10.2 Å². The van der Waals surface area contributed by atoms with Gasteiger partial charge in [-0.25, -0.2) is 4.39 Å². The molecule has 0 saturated heterocycles. The topological polar surface area (TPSA) is 45.5 Å². The molecule has 152 valence electrons. The molecule has 1 N–H and O–H groups in total. The zero-order chi connectivity index (χ0) is 20.2. The molecule has 0 fully saturated rings. The number of nitrogens with one attached hydrogen (secondary N) is 1. The summed E-state index contributed by atoms with van der Waals surface area (Å²) in [5.74, 6) is 0.874. The van der Waals surface area contributed by atoms with Gasteiger partial charge in [0.1, 0.15) is 17.3 Å². The number of rotatable bonds is 7. The van der Waals surface area contributed by atoms with Crippen molar-refractivity contribution in [1.29, 1.82) is 0 Å². The molecular formula is C23H25FN2O2S. The molecule has 1 aliphatic heterocycles. The number of nitrogens with zero attached hydrogens (tertiary/aromatic N) is 1. The quantitative estimate of drug-likeness (QED) is 0.615. The highest BCUT2D eigenvalue weighted by atomic mass is 32.1. The Kier molecular flexibility index (Phi) is 6.11. The van der Waals surface area contributed by atoms with E-state index in [4.69, 9.17) is 4.42 Å². The summed E-state index contributed by atoms with van der Waals surface area (Å²) < 4.78 is 19.6. The number of aryl methyl sites for hydroxylation is 1. The van der Waals surface area contributed by atoms with Gasteiger partial charge in [-0.2, -0.15) is 0 Å². The van der Waals surface area contributed by atoms with Crippen molar-refractivity contribution in [3.05, 3.63) is 69.9 Å². The van der Waals surface area contributed by atoms with Crippen LogP contribution >= 0.6 is 11.3 Å². The summed E-state index contributed by atoms with van der Waals surface area (Å²) in [6.45, 7) is 4.79. The Morgan fingerprint density at radius 3 is 3.00 bits per heavy atom. The smallest absolute Gasteiger partial charge is 0.220 e. The largest absolute Gasteiger partial charge is 0.461 e. The van der Waals surface area contributed by atoms with Crippen molar-refractivity contribution in [3.8, 4) is 11.3 Å². The molecule has 0 spiro atoms. The molecule has 1 amide bonds. The molecule has 0 saturated carbocycles. The first-order valence-electron chi connectivity index (χ1n) is 10.00. The van der Waals surface area contributed by atoms with E-state index in [1.165, 1.54) is 16.5 Å². The fourth-order valence-electron chi connectivity index (χ4n) is 3.68. The van der Waals surface area contributed by atoms with Gasteiger partial charge in [-0.05, 0) is 54.6 Å². The van der Waals surface area contributed by atoms with Gasteiger partial charge in [0, 0.05) is 43.4 Å². The number of carbonyl (C=O) groups excluding carboxylic acids is 1. The summed E-state index contributed by atoms with van der Waals surface area (Å²) in [7, 11) is 0. The number of hydrogen-bond donors (Lipinski definition) is 1. The van der Waals surface area contributed by atoms with E-state index in [9.17, 15) is 9.18 Å². The Labute approximate surface area is 174 Å². The monoisotopic (exact) mass is 412 g/mol. The summed E-state index contributed by atoms with van der Waals surface area (Å²) in [6.07, 6.45) is 1.94. The number of benzene rings is 1. The van der Waals surface area contributed by atoms with Gasteiger partial charge >= 0.3 is 0 Å². The molecule has 1 aliphatic rings. The van der Waals surface area contributed by atoms with Gasteiger partial charge < -0.3 is 9.73 Å². The average Bonchev–Trinajstić information content (AvgIpc) is 3.39. The minimum atomic E-state index is -0.313. The van der Waals surface area contributed by atoms with Crippen LogP contribution in [0.2, 0.25) is 0 Å². The van der Waals surface area contributed by atoms with Crippen LogP contribution in [0.25, 0.3) is 11.3 Å². The number of fused-ring (bicyclic) bond motifs is 1. The van der Waals surface area contributed by atoms with Crippen LogP contribution < -0.4 is 5.32 Å². The average molecular weight is 413 g/mol. The molecule has 1 aromatic carbocycles. The van der Waals surface area contributed by atoms with Crippen LogP contribution in [-0.4, -0.2) is 29.9 Å². The van der Waals surface area contributed by atoms with E-state index < -0.39 is 0 Å². The van der Waals surface area contributed by atoms with Crippen LogP contribution in [0.1, 0.15) is 29.5 Å². The lowest BCUT2D eigenvalue weighted by atomic mass is 10.1. The van der Waals surface area contributed by atoms with E-state index >= 15 is 0 Å². The zero-order valence-corrected chi connectivity index (χ0v) is 17.3. The molecule has 4 nitrogen and oxygen atoms in total. The van der Waals surface area contributed by atoms with E-state index in [0.717, 1.165) is 19.5 Å². The molecule has 1 unspecified atom stereocenters. The van der Waals surface area contributed by atoms with E-state index in [1.807, 2.05) is 17.4 Å². The normalized spacial score (nSPS) is 15.1. The minimum Gasteiger partial charge on any atom is -0.461 e. The van der Waals surface area contributed by atoms with E-state index in [1.54, 1.807) is 24.3 Å². The second-order valence-electron chi connectivity index (χ2n) is 7.49. The van der Waals surface area contributed by atoms with Gasteiger partial charge in [0.15, 0.2) is 0 Å². The van der Waals surface area contributed by atoms with E-state index in [0.29, 0.717) is 42.5 Å². The Balaban J connectivity index is 1.23. The van der Waals surface area contributed by atoms with E-state index in [2.05, 4.69) is 28.6 Å². The first kappa shape index (κ1) is 19.9. The highest BCUT2D eigenvalue weighted by molar-refractivity contribution is 7.10. The standard InChI is InChI=1S/C23H25FN2O2S/c1-16(26-12-10-22-17(15-26)11-13-29-22)14-25-23(27)9-7-18-6-8-21(28-18)19-4-2-3-5-20(19)24/h2-6,8,11,13,16H,7,9-10,12,14-15H2,1H3,(H,25,27). The van der Waals surface area contributed by atoms with Crippen LogP contribution in [0.3, 0.4) is 0 Å². The predicted molar refractivity (Wildman–Crippen MR) is 113 cm³/mol. The third-order valence-corrected chi connectivity index (χ3v) is 6.48. The number of furan rings is 1. The predicted octanol–water partition coefficient (Wildman–Crippen LogP) is 4.64. The van der Waals surface area contributed by atoms with Crippen molar-refractivity contribution < 1.29 is 13.6 Å². The van der Waals surface area contributed by atoms with Crippen molar-refractivity contribution in [2.75, 3.05) is 13.1 Å². The molecule has 3 heterocycles. The maximum absolute atomic E-state index is 13.9. The Morgan fingerprint density at radius 1 is 1.28 bits per heavy atom. The van der Waals surface area contributed by atoms with Crippen molar-refractivity contribution >= 4 is 17.2 Å². The van der Waals surface area contributed by atoms with Crippen molar-refractivity contribution in [3.63, 3.8) is 0 Å². The second kappa shape index (κ2) is 8.93. The van der Waals surface area contributed by atoms with Crippen LogP contribution in [-0.2, 0) is 24.2 Å². The zero-order valence-electron chi connectivity index (χ0n) is 16.5. The second-order valence-corrected chi connectivity index (χ2v) is 8.49. The molecule has 2 aromatic heterocycles. The third kappa shape index (κ3) is 4.77. The fourth-order valence-corrected chi connectivity index (χ4v) is 4.57. The van der Waals surface area contributed by atoms with Crippen LogP contribution in [0.5, 0.6) is 0 Å². The molecule has 29 heavy (non-hydrogen) atoms.